The van der Waals surface area contributed by atoms with Gasteiger partial charge in [0.1, 0.15) is 5.00 Å². The van der Waals surface area contributed by atoms with Gasteiger partial charge in [0, 0.05) is 27.2 Å². The molecule has 0 spiro atoms. The molecule has 4 rings (SSSR count). The van der Waals surface area contributed by atoms with Crippen LogP contribution in [0.25, 0.3) is 11.4 Å². The summed E-state index contributed by atoms with van der Waals surface area (Å²) in [6.07, 6.45) is 5.51. The van der Waals surface area contributed by atoms with Crippen LogP contribution in [0.15, 0.2) is 23.2 Å². The van der Waals surface area contributed by atoms with Crippen molar-refractivity contribution >= 4 is 51.3 Å². The molecule has 10 heteroatoms. The Morgan fingerprint density at radius 2 is 2.20 bits per heavy atom. The minimum atomic E-state index is -0.395. The molecule has 7 nitrogen and oxygen atoms in total. The minimum Gasteiger partial charge on any atom is -0.465 e. The number of aryl methyl sites for hydroxylation is 1. The Morgan fingerprint density at radius 3 is 2.91 bits per heavy atom. The molecule has 1 aliphatic carbocycles. The predicted molar refractivity (Wildman–Crippen MR) is 144 cm³/mol. The summed E-state index contributed by atoms with van der Waals surface area (Å²) in [6, 6.07) is 0. The first-order valence-corrected chi connectivity index (χ1v) is 14.3. The zero-order valence-electron chi connectivity index (χ0n) is 20.5. The third-order valence-electron chi connectivity index (χ3n) is 6.21. The molecular weight excluding hydrogens is 501 g/mol. The first kappa shape index (κ1) is 25.7. The van der Waals surface area contributed by atoms with Crippen molar-refractivity contribution in [3.63, 3.8) is 0 Å². The number of hydrogen-bond acceptors (Lipinski definition) is 8. The number of methoxy groups -OCH3 is 1. The number of anilines is 1. The van der Waals surface area contributed by atoms with Crippen molar-refractivity contribution < 1.29 is 14.3 Å². The van der Waals surface area contributed by atoms with Crippen molar-refractivity contribution in [1.29, 1.82) is 0 Å². The fraction of sp³-hybridized carbons (Fsp3) is 0.440. The number of nitrogens with one attached hydrogen (secondary N) is 1. The highest BCUT2D eigenvalue weighted by Crippen LogP contribution is 2.40. The lowest BCUT2D eigenvalue weighted by Crippen LogP contribution is -2.17. The summed E-state index contributed by atoms with van der Waals surface area (Å²) in [6.45, 7) is 10.9. The van der Waals surface area contributed by atoms with Crippen LogP contribution in [0.1, 0.15) is 51.5 Å². The molecule has 1 amide bonds. The molecule has 1 atom stereocenters. The van der Waals surface area contributed by atoms with E-state index in [0.717, 1.165) is 42.6 Å². The molecule has 3 aromatic rings. The first-order valence-electron chi connectivity index (χ1n) is 11.6. The molecule has 0 saturated carbocycles. The van der Waals surface area contributed by atoms with Gasteiger partial charge in [-0.25, -0.2) is 4.79 Å². The molecule has 186 valence electrons. The van der Waals surface area contributed by atoms with Gasteiger partial charge >= 0.3 is 5.97 Å². The fourth-order valence-electron chi connectivity index (χ4n) is 4.44. The first-order chi connectivity index (χ1) is 16.9. The average Bonchev–Trinajstić information content (AvgIpc) is 3.51. The van der Waals surface area contributed by atoms with Gasteiger partial charge in [0.05, 0.1) is 18.4 Å². The number of fused-ring (bicyclic) bond motifs is 1. The van der Waals surface area contributed by atoms with E-state index in [4.69, 9.17) is 4.74 Å². The molecule has 3 aromatic heterocycles. The summed E-state index contributed by atoms with van der Waals surface area (Å²) >= 11 is 4.53. The number of esters is 1. The molecule has 0 saturated heterocycles. The quantitative estimate of drug-likeness (QED) is 0.215. The molecule has 0 aliphatic heterocycles. The zero-order chi connectivity index (χ0) is 25.1. The Bertz CT molecular complexity index is 1260. The Balaban J connectivity index is 1.52. The number of amides is 1. The molecular formula is C25H30N4O3S3. The second-order valence-electron chi connectivity index (χ2n) is 8.63. The largest absolute Gasteiger partial charge is 0.465 e. The Morgan fingerprint density at radius 1 is 1.40 bits per heavy atom. The molecule has 1 N–H and O–H groups in total. The van der Waals surface area contributed by atoms with Gasteiger partial charge in [-0.05, 0) is 49.7 Å². The van der Waals surface area contributed by atoms with Crippen LogP contribution in [0.4, 0.5) is 5.00 Å². The molecule has 0 aromatic carbocycles. The van der Waals surface area contributed by atoms with E-state index in [9.17, 15) is 9.59 Å². The summed E-state index contributed by atoms with van der Waals surface area (Å²) < 4.78 is 7.02. The van der Waals surface area contributed by atoms with Crippen molar-refractivity contribution in [3.05, 3.63) is 44.5 Å². The molecule has 0 radical (unpaired) electrons. The second kappa shape index (κ2) is 11.1. The van der Waals surface area contributed by atoms with E-state index >= 15 is 0 Å². The highest BCUT2D eigenvalue weighted by atomic mass is 32.2. The van der Waals surface area contributed by atoms with E-state index in [1.807, 2.05) is 10.6 Å². The van der Waals surface area contributed by atoms with E-state index in [0.29, 0.717) is 28.2 Å². The topological polar surface area (TPSA) is 86.1 Å². The smallest absolute Gasteiger partial charge is 0.341 e. The maximum Gasteiger partial charge on any atom is 0.341 e. The number of rotatable bonds is 9. The molecule has 0 fully saturated rings. The Kier molecular flexibility index (Phi) is 8.13. The SMILES string of the molecule is C=CCn1c(SCC(=O)Nc2sc3c(c2C(=O)OC)CCC(C)C3)nnc1-c1csc(C)c1CC. The van der Waals surface area contributed by atoms with Gasteiger partial charge in [0.2, 0.25) is 5.91 Å². The van der Waals surface area contributed by atoms with E-state index in [1.54, 1.807) is 11.3 Å². The standard InChI is InChI=1S/C25H30N4O3S3/c1-6-10-29-22(18-12-33-15(4)16(18)7-2)27-28-25(29)34-13-20(30)26-23-21(24(31)32-5)17-9-8-14(3)11-19(17)35-23/h6,12,14H,1,7-11,13H2,2-5H3,(H,26,30). The maximum absolute atomic E-state index is 12.9. The van der Waals surface area contributed by atoms with Gasteiger partial charge in [0.15, 0.2) is 11.0 Å². The highest BCUT2D eigenvalue weighted by Gasteiger charge is 2.29. The molecule has 1 aliphatic rings. The molecule has 35 heavy (non-hydrogen) atoms. The molecule has 1 unspecified atom stereocenters. The van der Waals surface area contributed by atoms with E-state index in [-0.39, 0.29) is 11.7 Å². The molecule has 3 heterocycles. The summed E-state index contributed by atoms with van der Waals surface area (Å²) in [5.74, 6) is 0.923. The van der Waals surface area contributed by atoms with E-state index in [1.165, 1.54) is 45.5 Å². The van der Waals surface area contributed by atoms with Gasteiger partial charge in [-0.2, -0.15) is 0 Å². The van der Waals surface area contributed by atoms with Gasteiger partial charge in [-0.3, -0.25) is 9.36 Å². The van der Waals surface area contributed by atoms with Gasteiger partial charge in [-0.1, -0.05) is 31.7 Å². The number of ether oxygens (including phenoxy) is 1. The third-order valence-corrected chi connectivity index (χ3v) is 9.30. The third kappa shape index (κ3) is 5.24. The van der Waals surface area contributed by atoms with Crippen LogP contribution in [0, 0.1) is 12.8 Å². The Labute approximate surface area is 218 Å². The fourth-order valence-corrected chi connectivity index (χ4v) is 7.55. The molecule has 0 bridgehead atoms. The number of hydrogen-bond donors (Lipinski definition) is 1. The summed E-state index contributed by atoms with van der Waals surface area (Å²) in [5.41, 5.74) is 3.89. The number of thiophene rings is 2. The van der Waals surface area contributed by atoms with Crippen LogP contribution in [-0.2, 0) is 35.3 Å². The van der Waals surface area contributed by atoms with Crippen LogP contribution >= 0.6 is 34.4 Å². The minimum absolute atomic E-state index is 0.151. The van der Waals surface area contributed by atoms with Crippen LogP contribution in [0.3, 0.4) is 0 Å². The van der Waals surface area contributed by atoms with Gasteiger partial charge < -0.3 is 10.1 Å². The van der Waals surface area contributed by atoms with Gasteiger partial charge in [-0.15, -0.1) is 39.4 Å². The second-order valence-corrected chi connectivity index (χ2v) is 11.8. The van der Waals surface area contributed by atoms with Crippen LogP contribution in [0.5, 0.6) is 0 Å². The van der Waals surface area contributed by atoms with Crippen molar-refractivity contribution in [3.8, 4) is 11.4 Å². The van der Waals surface area contributed by atoms with E-state index in [2.05, 4.69) is 48.2 Å². The lowest BCUT2D eigenvalue weighted by atomic mass is 9.88. The van der Waals surface area contributed by atoms with Crippen molar-refractivity contribution in [2.75, 3.05) is 18.2 Å². The van der Waals surface area contributed by atoms with Crippen molar-refractivity contribution in [2.45, 2.75) is 58.2 Å². The number of allylic oxidation sites excluding steroid dienone is 1. The maximum atomic E-state index is 12.9. The van der Waals surface area contributed by atoms with Crippen LogP contribution < -0.4 is 5.32 Å². The van der Waals surface area contributed by atoms with E-state index < -0.39 is 5.97 Å². The number of nitrogens with zero attached hydrogens (tertiary/aromatic N) is 3. The lowest BCUT2D eigenvalue weighted by molar-refractivity contribution is -0.113. The zero-order valence-corrected chi connectivity index (χ0v) is 22.9. The van der Waals surface area contributed by atoms with Crippen LogP contribution in [-0.4, -0.2) is 39.5 Å². The van der Waals surface area contributed by atoms with Crippen LogP contribution in [0.2, 0.25) is 0 Å². The number of thioether (sulfide) groups is 1. The summed E-state index contributed by atoms with van der Waals surface area (Å²) in [4.78, 5) is 27.9. The summed E-state index contributed by atoms with van der Waals surface area (Å²) in [5, 5.41) is 15.1. The highest BCUT2D eigenvalue weighted by molar-refractivity contribution is 7.99. The van der Waals surface area contributed by atoms with Crippen molar-refractivity contribution in [1.82, 2.24) is 14.8 Å². The number of carbonyl (C=O) groups excluding carboxylic acids is 2. The normalized spacial score (nSPS) is 15.0. The lowest BCUT2D eigenvalue weighted by Gasteiger charge is -2.18. The van der Waals surface area contributed by atoms with Crippen molar-refractivity contribution in [2.24, 2.45) is 5.92 Å². The monoisotopic (exact) mass is 530 g/mol. The predicted octanol–water partition coefficient (Wildman–Crippen LogP) is 5.77. The number of aromatic nitrogens is 3. The average molecular weight is 531 g/mol. The Hall–Kier alpha value is -2.43. The summed E-state index contributed by atoms with van der Waals surface area (Å²) in [7, 11) is 1.38. The number of carbonyl (C=O) groups is 2. The van der Waals surface area contributed by atoms with Gasteiger partial charge in [0.25, 0.3) is 0 Å².